The van der Waals surface area contributed by atoms with E-state index < -0.39 is 28.9 Å². The lowest BCUT2D eigenvalue weighted by molar-refractivity contribution is -0.235. The number of fused-ring (bicyclic) bond motifs is 7. The second-order valence-electron chi connectivity index (χ2n) is 20.1. The summed E-state index contributed by atoms with van der Waals surface area (Å²) in [4.78, 5) is 54.0. The maximum absolute atomic E-state index is 14.1. The van der Waals surface area contributed by atoms with E-state index >= 15 is 0 Å². The molecule has 5 aliphatic rings. The Hall–Kier alpha value is -3.00. The highest BCUT2D eigenvalue weighted by Gasteiger charge is 2.71. The summed E-state index contributed by atoms with van der Waals surface area (Å²) >= 11 is 0. The molecular formula is C45H65NO7. The fraction of sp³-hybridized carbons (Fsp3) is 0.733. The Labute approximate surface area is 317 Å². The van der Waals surface area contributed by atoms with Crippen LogP contribution in [-0.4, -0.2) is 64.5 Å². The van der Waals surface area contributed by atoms with E-state index in [2.05, 4.69) is 48.5 Å². The van der Waals surface area contributed by atoms with Gasteiger partial charge in [0.15, 0.2) is 5.78 Å². The smallest absolute Gasteiger partial charge is 0.309 e. The minimum absolute atomic E-state index is 0.00414. The summed E-state index contributed by atoms with van der Waals surface area (Å²) in [7, 11) is 1.75. The Bertz CT molecular complexity index is 1680. The Morgan fingerprint density at radius 1 is 0.906 bits per heavy atom. The van der Waals surface area contributed by atoms with Crippen LogP contribution in [0.15, 0.2) is 41.5 Å². The van der Waals surface area contributed by atoms with Crippen LogP contribution in [0.25, 0.3) is 0 Å². The van der Waals surface area contributed by atoms with Crippen molar-refractivity contribution < 1.29 is 34.1 Å². The molecule has 0 spiro atoms. The summed E-state index contributed by atoms with van der Waals surface area (Å²) in [6.07, 6.45) is 6.48. The van der Waals surface area contributed by atoms with Crippen molar-refractivity contribution in [2.75, 3.05) is 13.6 Å². The van der Waals surface area contributed by atoms with Crippen molar-refractivity contribution in [1.82, 2.24) is 4.90 Å². The largest absolute Gasteiger partial charge is 0.481 e. The molecule has 0 aliphatic heterocycles. The van der Waals surface area contributed by atoms with Gasteiger partial charge in [-0.3, -0.25) is 19.2 Å². The van der Waals surface area contributed by atoms with Crippen LogP contribution in [0.4, 0.5) is 0 Å². The molecule has 1 aromatic carbocycles. The Balaban J connectivity index is 1.28. The predicted octanol–water partition coefficient (Wildman–Crippen LogP) is 8.51. The third-order valence-electron chi connectivity index (χ3n) is 16.3. The van der Waals surface area contributed by atoms with Crippen molar-refractivity contribution in [2.45, 2.75) is 139 Å². The molecule has 0 bridgehead atoms. The molecule has 4 saturated carbocycles. The number of rotatable bonds is 9. The lowest BCUT2D eigenvalue weighted by atomic mass is 9.33. The molecule has 0 saturated heterocycles. The van der Waals surface area contributed by atoms with Crippen LogP contribution in [0.5, 0.6) is 0 Å². The van der Waals surface area contributed by atoms with Gasteiger partial charge >= 0.3 is 11.9 Å². The molecule has 8 nitrogen and oxygen atoms in total. The highest BCUT2D eigenvalue weighted by atomic mass is 16.5. The first-order valence-corrected chi connectivity index (χ1v) is 20.3. The number of carbonyl (C=O) groups excluding carboxylic acids is 3. The Kier molecular flexibility index (Phi) is 9.99. The summed E-state index contributed by atoms with van der Waals surface area (Å²) in [5, 5.41) is 21.9. The van der Waals surface area contributed by atoms with Gasteiger partial charge in [-0.15, -0.1) is 0 Å². The van der Waals surface area contributed by atoms with Crippen molar-refractivity contribution in [3.05, 3.63) is 47.0 Å². The topological polar surface area (TPSA) is 121 Å². The number of hydrogen-bond acceptors (Lipinski definition) is 6. The van der Waals surface area contributed by atoms with E-state index in [1.807, 2.05) is 18.2 Å². The van der Waals surface area contributed by atoms with E-state index in [1.54, 1.807) is 37.9 Å². The van der Waals surface area contributed by atoms with Gasteiger partial charge in [0.1, 0.15) is 6.10 Å². The van der Waals surface area contributed by atoms with Crippen molar-refractivity contribution in [3.8, 4) is 0 Å². The van der Waals surface area contributed by atoms with Gasteiger partial charge in [0.2, 0.25) is 0 Å². The number of Topliss-reactive ketones (excluding diaryl/α,β-unsaturated/α-hetero) is 1. The zero-order valence-corrected chi connectivity index (χ0v) is 34.0. The van der Waals surface area contributed by atoms with E-state index in [-0.39, 0.29) is 64.3 Å². The first-order valence-electron chi connectivity index (χ1n) is 20.3. The van der Waals surface area contributed by atoms with E-state index in [4.69, 9.17) is 4.74 Å². The number of amides is 1. The lowest BCUT2D eigenvalue weighted by Gasteiger charge is -2.72. The fourth-order valence-corrected chi connectivity index (χ4v) is 13.2. The summed E-state index contributed by atoms with van der Waals surface area (Å²) in [5.74, 6) is -0.382. The van der Waals surface area contributed by atoms with E-state index in [0.29, 0.717) is 23.8 Å². The molecule has 1 aromatic rings. The zero-order valence-electron chi connectivity index (χ0n) is 34.0. The van der Waals surface area contributed by atoms with Crippen LogP contribution in [-0.2, 0) is 19.1 Å². The molecule has 5 aliphatic carbocycles. The molecule has 53 heavy (non-hydrogen) atoms. The predicted molar refractivity (Wildman–Crippen MR) is 205 cm³/mol. The highest BCUT2D eigenvalue weighted by molar-refractivity contribution is 6.01. The van der Waals surface area contributed by atoms with E-state index in [0.717, 1.165) is 56.9 Å². The van der Waals surface area contributed by atoms with Crippen LogP contribution >= 0.6 is 0 Å². The van der Waals surface area contributed by atoms with Crippen molar-refractivity contribution in [1.29, 1.82) is 0 Å². The molecule has 292 valence electrons. The summed E-state index contributed by atoms with van der Waals surface area (Å²) in [5.41, 5.74) is 0.556. The third-order valence-corrected chi connectivity index (χ3v) is 16.3. The quantitative estimate of drug-likeness (QED) is 0.244. The maximum Gasteiger partial charge on any atom is 0.309 e. The summed E-state index contributed by atoms with van der Waals surface area (Å²) < 4.78 is 6.16. The number of allylic oxidation sites excluding steroid dienone is 1. The number of aliphatic hydroxyl groups excluding tert-OH is 1. The summed E-state index contributed by atoms with van der Waals surface area (Å²) in [6.45, 7) is 19.6. The summed E-state index contributed by atoms with van der Waals surface area (Å²) in [6, 6.07) is 9.18. The van der Waals surface area contributed by atoms with Gasteiger partial charge in [-0.1, -0.05) is 72.2 Å². The van der Waals surface area contributed by atoms with Crippen molar-refractivity contribution in [2.24, 2.45) is 56.2 Å². The van der Waals surface area contributed by atoms with Crippen LogP contribution < -0.4 is 0 Å². The number of ketones is 1. The van der Waals surface area contributed by atoms with E-state index in [9.17, 15) is 29.4 Å². The number of benzene rings is 1. The SMILES string of the molecule is CC(C)C1=C2[C@H]3CC[C@@H]4[C@@]5(C)CC[C@H](OC(=O)CC(C)(C)C(=O)O)C(C)(C)[C@@H]5CC[C@@]4(C)[C@]3(C)CC[C@@]2([C@H](O)CN(C)C(=O)c2ccccc2)CC1=O. The molecule has 0 unspecified atom stereocenters. The monoisotopic (exact) mass is 731 g/mol. The van der Waals surface area contributed by atoms with Crippen molar-refractivity contribution in [3.63, 3.8) is 0 Å². The molecule has 9 atom stereocenters. The fourth-order valence-electron chi connectivity index (χ4n) is 13.2. The van der Waals surface area contributed by atoms with Gasteiger partial charge in [0.25, 0.3) is 5.91 Å². The number of carbonyl (C=O) groups is 4. The third kappa shape index (κ3) is 6.03. The van der Waals surface area contributed by atoms with Gasteiger partial charge in [-0.2, -0.15) is 0 Å². The molecule has 1 amide bonds. The first kappa shape index (κ1) is 39.7. The number of ether oxygens (including phenoxy) is 1. The second kappa shape index (κ2) is 13.3. The molecule has 6 rings (SSSR count). The molecule has 4 fully saturated rings. The minimum Gasteiger partial charge on any atom is -0.481 e. The van der Waals surface area contributed by atoms with Crippen LogP contribution in [0.2, 0.25) is 0 Å². The maximum atomic E-state index is 14.1. The van der Waals surface area contributed by atoms with Crippen LogP contribution in [0, 0.1) is 56.2 Å². The lowest BCUT2D eigenvalue weighted by Crippen LogP contribution is -2.66. The highest BCUT2D eigenvalue weighted by Crippen LogP contribution is 2.77. The number of likely N-dealkylation sites (N-methyl/N-ethyl adjacent to an activating group) is 1. The number of esters is 1. The number of carboxylic acids is 1. The average Bonchev–Trinajstić information content (AvgIpc) is 3.39. The molecular weight excluding hydrogens is 666 g/mol. The standard InChI is InChI=1S/C45H65NO7/c1-27(2)36-30(47)24-45(33(48)26-46(10)38(50)28-14-12-11-13-15-28)23-22-43(8)29(37(36)45)16-17-32-42(7)20-19-34(53-35(49)25-40(3,4)39(51)52)41(5,6)31(42)18-21-44(32,43)9/h11-15,27,29,31-34,48H,16-26H2,1-10H3,(H,51,52)/t29-,31+,32-,33-,34+,42+,43-,44-,45+/m1/s1. The Morgan fingerprint density at radius 2 is 1.57 bits per heavy atom. The number of aliphatic carboxylic acids is 1. The molecule has 0 aromatic heterocycles. The normalized spacial score (nSPS) is 36.9. The average molecular weight is 732 g/mol. The van der Waals surface area contributed by atoms with Gasteiger partial charge in [-0.05, 0) is 123 Å². The van der Waals surface area contributed by atoms with Crippen LogP contribution in [0.1, 0.15) is 137 Å². The van der Waals surface area contributed by atoms with Crippen LogP contribution in [0.3, 0.4) is 0 Å². The number of aliphatic hydroxyl groups is 1. The zero-order chi connectivity index (χ0) is 39.1. The van der Waals surface area contributed by atoms with Gasteiger partial charge in [0, 0.05) is 36.4 Å². The van der Waals surface area contributed by atoms with E-state index in [1.165, 1.54) is 5.57 Å². The number of carboxylic acid groups (broad SMARTS) is 1. The van der Waals surface area contributed by atoms with Crippen molar-refractivity contribution >= 4 is 23.6 Å². The second-order valence-corrected chi connectivity index (χ2v) is 20.1. The Morgan fingerprint density at radius 3 is 2.19 bits per heavy atom. The number of hydrogen-bond donors (Lipinski definition) is 2. The molecule has 0 radical (unpaired) electrons. The molecule has 2 N–H and O–H groups in total. The van der Waals surface area contributed by atoms with Gasteiger partial charge < -0.3 is 19.8 Å². The minimum atomic E-state index is -1.18. The molecule has 8 heteroatoms. The molecule has 0 heterocycles. The van der Waals surface area contributed by atoms with Gasteiger partial charge in [-0.25, -0.2) is 0 Å². The van der Waals surface area contributed by atoms with Gasteiger partial charge in [0.05, 0.1) is 17.9 Å². The first-order chi connectivity index (χ1) is 24.6. The number of nitrogens with zero attached hydrogens (tertiary/aromatic N) is 1.